The lowest BCUT2D eigenvalue weighted by atomic mass is 9.95. The van der Waals surface area contributed by atoms with Crippen LogP contribution in [0.5, 0.6) is 0 Å². The Hall–Kier alpha value is 0.310. The Morgan fingerprint density at radius 2 is 1.44 bits per heavy atom. The summed E-state index contributed by atoms with van der Waals surface area (Å²) in [4.78, 5) is 0. The third kappa shape index (κ3) is 4.67. The first-order valence-electron chi connectivity index (χ1n) is 7.26. The lowest BCUT2D eigenvalue weighted by molar-refractivity contribution is 0.351. The van der Waals surface area contributed by atoms with Crippen molar-refractivity contribution in [1.29, 1.82) is 0 Å². The number of nitrogens with one attached hydrogen (secondary N) is 1. The van der Waals surface area contributed by atoms with Crippen molar-refractivity contribution in [2.24, 2.45) is 5.92 Å². The van der Waals surface area contributed by atoms with Crippen molar-refractivity contribution in [3.05, 3.63) is 0 Å². The van der Waals surface area contributed by atoms with Gasteiger partial charge in [-0.2, -0.15) is 11.8 Å². The zero-order valence-electron chi connectivity index (χ0n) is 10.5. The van der Waals surface area contributed by atoms with Crippen LogP contribution in [0.4, 0.5) is 0 Å². The predicted octanol–water partition coefficient (Wildman–Crippen LogP) is 3.83. The van der Waals surface area contributed by atoms with Gasteiger partial charge in [-0.05, 0) is 49.7 Å². The molecule has 1 aliphatic carbocycles. The molecular formula is C14H27NS. The maximum absolute atomic E-state index is 3.85. The van der Waals surface area contributed by atoms with E-state index in [0.29, 0.717) is 0 Å². The lowest BCUT2D eigenvalue weighted by Crippen LogP contribution is -2.35. The van der Waals surface area contributed by atoms with Crippen LogP contribution >= 0.6 is 11.8 Å². The van der Waals surface area contributed by atoms with Crippen molar-refractivity contribution < 1.29 is 0 Å². The molecule has 0 amide bonds. The summed E-state index contributed by atoms with van der Waals surface area (Å²) in [6.07, 6.45) is 13.1. The van der Waals surface area contributed by atoms with Crippen molar-refractivity contribution in [1.82, 2.24) is 5.32 Å². The normalized spacial score (nSPS) is 26.2. The minimum Gasteiger partial charge on any atom is -0.314 e. The van der Waals surface area contributed by atoms with Crippen LogP contribution in [0.25, 0.3) is 0 Å². The van der Waals surface area contributed by atoms with Gasteiger partial charge in [0.25, 0.3) is 0 Å². The molecule has 1 aliphatic heterocycles. The van der Waals surface area contributed by atoms with Gasteiger partial charge in [0.1, 0.15) is 0 Å². The van der Waals surface area contributed by atoms with Gasteiger partial charge < -0.3 is 5.32 Å². The summed E-state index contributed by atoms with van der Waals surface area (Å²) in [6, 6.07) is 0.842. The van der Waals surface area contributed by atoms with Gasteiger partial charge in [-0.1, -0.05) is 32.1 Å². The Labute approximate surface area is 105 Å². The first-order valence-corrected chi connectivity index (χ1v) is 8.42. The van der Waals surface area contributed by atoms with Gasteiger partial charge >= 0.3 is 0 Å². The van der Waals surface area contributed by atoms with E-state index in [2.05, 4.69) is 17.1 Å². The molecule has 2 aliphatic rings. The number of hydrogen-bond donors (Lipinski definition) is 1. The monoisotopic (exact) mass is 241 g/mol. The molecule has 16 heavy (non-hydrogen) atoms. The maximum Gasteiger partial charge on any atom is 0.00671 e. The first kappa shape index (κ1) is 12.8. The second-order valence-electron chi connectivity index (χ2n) is 5.51. The zero-order chi connectivity index (χ0) is 11.1. The summed E-state index contributed by atoms with van der Waals surface area (Å²) in [5.41, 5.74) is 0. The van der Waals surface area contributed by atoms with Crippen LogP contribution in [-0.4, -0.2) is 24.1 Å². The first-order chi connectivity index (χ1) is 7.95. The third-order valence-electron chi connectivity index (χ3n) is 4.14. The van der Waals surface area contributed by atoms with E-state index >= 15 is 0 Å². The van der Waals surface area contributed by atoms with Crippen molar-refractivity contribution in [3.63, 3.8) is 0 Å². The SMILES string of the molecule is C1CCCC(NCC2CCSCC2)CCC1. The third-order valence-corrected chi connectivity index (χ3v) is 5.19. The molecule has 1 saturated heterocycles. The standard InChI is InChI=1S/C14H27NS/c1-2-4-6-14(7-5-3-1)15-12-13-8-10-16-11-9-13/h13-15H,1-12H2. The Kier molecular flexibility index (Phi) is 6.06. The van der Waals surface area contributed by atoms with Crippen molar-refractivity contribution >= 4 is 11.8 Å². The molecule has 0 aromatic heterocycles. The fourth-order valence-corrected chi connectivity index (χ4v) is 4.15. The van der Waals surface area contributed by atoms with E-state index in [1.807, 2.05) is 0 Å². The highest BCUT2D eigenvalue weighted by Gasteiger charge is 2.16. The van der Waals surface area contributed by atoms with Crippen LogP contribution in [0.15, 0.2) is 0 Å². The van der Waals surface area contributed by atoms with E-state index in [-0.39, 0.29) is 0 Å². The molecule has 0 aromatic carbocycles. The Bertz CT molecular complexity index is 170. The highest BCUT2D eigenvalue weighted by molar-refractivity contribution is 7.99. The van der Waals surface area contributed by atoms with Crippen molar-refractivity contribution in [2.75, 3.05) is 18.1 Å². The Morgan fingerprint density at radius 3 is 2.12 bits per heavy atom. The van der Waals surface area contributed by atoms with E-state index in [9.17, 15) is 0 Å². The van der Waals surface area contributed by atoms with Crippen molar-refractivity contribution in [2.45, 2.75) is 63.8 Å². The van der Waals surface area contributed by atoms with Crippen LogP contribution in [0, 0.1) is 5.92 Å². The molecule has 1 heterocycles. The van der Waals surface area contributed by atoms with Gasteiger partial charge in [0, 0.05) is 6.04 Å². The molecule has 1 N–H and O–H groups in total. The zero-order valence-corrected chi connectivity index (χ0v) is 11.4. The number of thioether (sulfide) groups is 1. The van der Waals surface area contributed by atoms with Gasteiger partial charge in [0.15, 0.2) is 0 Å². The summed E-state index contributed by atoms with van der Waals surface area (Å²) in [7, 11) is 0. The largest absolute Gasteiger partial charge is 0.314 e. The molecule has 2 rings (SSSR count). The molecule has 0 bridgehead atoms. The Balaban J connectivity index is 1.62. The van der Waals surface area contributed by atoms with Crippen LogP contribution in [0.1, 0.15) is 57.8 Å². The molecule has 0 unspecified atom stereocenters. The molecule has 94 valence electrons. The van der Waals surface area contributed by atoms with Gasteiger partial charge in [0.2, 0.25) is 0 Å². The quantitative estimate of drug-likeness (QED) is 0.806. The molecule has 2 heteroatoms. The molecule has 0 spiro atoms. The molecule has 1 saturated carbocycles. The minimum absolute atomic E-state index is 0.842. The van der Waals surface area contributed by atoms with E-state index in [4.69, 9.17) is 0 Å². The topological polar surface area (TPSA) is 12.0 Å². The lowest BCUT2D eigenvalue weighted by Gasteiger charge is -2.26. The smallest absolute Gasteiger partial charge is 0.00671 e. The van der Waals surface area contributed by atoms with Crippen LogP contribution in [-0.2, 0) is 0 Å². The minimum atomic E-state index is 0.842. The highest BCUT2D eigenvalue weighted by Crippen LogP contribution is 2.23. The van der Waals surface area contributed by atoms with E-state index in [1.165, 1.54) is 75.8 Å². The van der Waals surface area contributed by atoms with Gasteiger partial charge in [-0.15, -0.1) is 0 Å². The summed E-state index contributed by atoms with van der Waals surface area (Å²) < 4.78 is 0. The number of hydrogen-bond acceptors (Lipinski definition) is 2. The molecular weight excluding hydrogens is 214 g/mol. The van der Waals surface area contributed by atoms with Crippen LogP contribution in [0.3, 0.4) is 0 Å². The fourth-order valence-electron chi connectivity index (χ4n) is 2.94. The second kappa shape index (κ2) is 7.60. The summed E-state index contributed by atoms with van der Waals surface area (Å²) in [5.74, 6) is 3.78. The van der Waals surface area contributed by atoms with E-state index < -0.39 is 0 Å². The maximum atomic E-state index is 3.85. The molecule has 0 radical (unpaired) electrons. The summed E-state index contributed by atoms with van der Waals surface area (Å²) in [6.45, 7) is 1.30. The van der Waals surface area contributed by atoms with Crippen LogP contribution in [0.2, 0.25) is 0 Å². The summed E-state index contributed by atoms with van der Waals surface area (Å²) >= 11 is 2.14. The van der Waals surface area contributed by atoms with Gasteiger partial charge in [0.05, 0.1) is 0 Å². The summed E-state index contributed by atoms with van der Waals surface area (Å²) in [5, 5.41) is 3.85. The predicted molar refractivity (Wildman–Crippen MR) is 74.2 cm³/mol. The van der Waals surface area contributed by atoms with Gasteiger partial charge in [-0.3, -0.25) is 0 Å². The van der Waals surface area contributed by atoms with Gasteiger partial charge in [-0.25, -0.2) is 0 Å². The average Bonchev–Trinajstić information content (AvgIpc) is 2.29. The van der Waals surface area contributed by atoms with E-state index in [0.717, 1.165) is 12.0 Å². The van der Waals surface area contributed by atoms with Crippen LogP contribution < -0.4 is 5.32 Å². The molecule has 0 aromatic rings. The van der Waals surface area contributed by atoms with Crippen molar-refractivity contribution in [3.8, 4) is 0 Å². The molecule has 2 fully saturated rings. The molecule has 1 nitrogen and oxygen atoms in total. The van der Waals surface area contributed by atoms with E-state index in [1.54, 1.807) is 0 Å². The Morgan fingerprint density at radius 1 is 0.812 bits per heavy atom. The number of rotatable bonds is 3. The molecule has 0 atom stereocenters. The second-order valence-corrected chi connectivity index (χ2v) is 6.73. The highest BCUT2D eigenvalue weighted by atomic mass is 32.2. The fraction of sp³-hybridized carbons (Fsp3) is 1.00. The average molecular weight is 241 g/mol.